The quantitative estimate of drug-likeness (QED) is 0.308. The third-order valence-electron chi connectivity index (χ3n) is 5.02. The Morgan fingerprint density at radius 1 is 0.892 bits per heavy atom. The molecule has 0 saturated carbocycles. The van der Waals surface area contributed by atoms with E-state index in [-0.39, 0.29) is 31.0 Å². The van der Waals surface area contributed by atoms with Gasteiger partial charge in [-0.05, 0) is 54.4 Å². The largest absolute Gasteiger partial charge is 0.361 e. The van der Waals surface area contributed by atoms with Crippen molar-refractivity contribution in [1.82, 2.24) is 4.90 Å². The minimum Gasteiger partial charge on any atom is -0.361 e. The van der Waals surface area contributed by atoms with Gasteiger partial charge in [0.15, 0.2) is 0 Å². The smallest absolute Gasteiger partial charge is 0.249 e. The summed E-state index contributed by atoms with van der Waals surface area (Å²) < 4.78 is 17.9. The minimum absolute atomic E-state index is 0.0135. The molecule has 1 amide bonds. The van der Waals surface area contributed by atoms with Crippen molar-refractivity contribution in [2.75, 3.05) is 13.2 Å². The topological polar surface area (TPSA) is 46.6 Å². The number of carbonyl (C=O) groups excluding carboxylic acids is 2. The minimum atomic E-state index is -0.408. The van der Waals surface area contributed by atoms with E-state index in [2.05, 4.69) is 13.8 Å². The van der Waals surface area contributed by atoms with Crippen LogP contribution in [0.25, 0.3) is 0 Å². The van der Waals surface area contributed by atoms with Crippen molar-refractivity contribution >= 4 is 35.4 Å². The molecule has 7 heteroatoms. The van der Waals surface area contributed by atoms with Crippen molar-refractivity contribution in [3.05, 3.63) is 105 Å². The Kier molecular flexibility index (Phi) is 15.4. The van der Waals surface area contributed by atoms with E-state index in [1.807, 2.05) is 45.0 Å². The van der Waals surface area contributed by atoms with Gasteiger partial charge in [0.2, 0.25) is 5.91 Å². The molecule has 1 aliphatic heterocycles. The summed E-state index contributed by atoms with van der Waals surface area (Å²) >= 11 is 11.9. The number of amides is 1. The zero-order valence-corrected chi connectivity index (χ0v) is 23.6. The summed E-state index contributed by atoms with van der Waals surface area (Å²) in [7, 11) is 0. The fourth-order valence-electron chi connectivity index (χ4n) is 3.43. The van der Waals surface area contributed by atoms with Gasteiger partial charge in [-0.25, -0.2) is 4.39 Å². The highest BCUT2D eigenvalue weighted by Crippen LogP contribution is 2.40. The number of hydrogen-bond donors (Lipinski definition) is 0. The lowest BCUT2D eigenvalue weighted by molar-refractivity contribution is -0.159. The Labute approximate surface area is 230 Å². The summed E-state index contributed by atoms with van der Waals surface area (Å²) in [6.07, 6.45) is 1.59. The van der Waals surface area contributed by atoms with Crippen molar-refractivity contribution in [3.63, 3.8) is 0 Å². The van der Waals surface area contributed by atoms with Crippen LogP contribution in [-0.2, 0) is 14.3 Å². The molecule has 1 aliphatic rings. The van der Waals surface area contributed by atoms with Crippen LogP contribution in [0.3, 0.4) is 0 Å². The van der Waals surface area contributed by atoms with E-state index in [0.29, 0.717) is 10.0 Å². The summed E-state index contributed by atoms with van der Waals surface area (Å²) in [6.45, 7) is 10.1. The molecule has 1 saturated heterocycles. The molecular formula is C30H36Cl2FNO3. The molecule has 2 unspecified atom stereocenters. The highest BCUT2D eigenvalue weighted by Gasteiger charge is 2.38. The summed E-state index contributed by atoms with van der Waals surface area (Å²) in [6, 6.07) is 20.5. The van der Waals surface area contributed by atoms with Crippen molar-refractivity contribution in [3.8, 4) is 0 Å². The molecule has 0 aliphatic carbocycles. The van der Waals surface area contributed by atoms with Gasteiger partial charge in [-0.1, -0.05) is 99.3 Å². The fraction of sp³-hybridized carbons (Fsp3) is 0.333. The number of aryl methyl sites for hydroxylation is 1. The third kappa shape index (κ3) is 10.6. The number of ether oxygens (including phenoxy) is 1. The molecule has 3 aromatic carbocycles. The normalized spacial score (nSPS) is 16.2. The average Bonchev–Trinajstić information content (AvgIpc) is 2.90. The molecule has 37 heavy (non-hydrogen) atoms. The first-order chi connectivity index (χ1) is 17.8. The van der Waals surface area contributed by atoms with Gasteiger partial charge >= 0.3 is 0 Å². The monoisotopic (exact) mass is 547 g/mol. The summed E-state index contributed by atoms with van der Waals surface area (Å²) in [5.74, 6) is -0.386. The van der Waals surface area contributed by atoms with E-state index >= 15 is 0 Å². The van der Waals surface area contributed by atoms with Crippen LogP contribution in [0.5, 0.6) is 0 Å². The lowest BCUT2D eigenvalue weighted by atomic mass is 9.93. The van der Waals surface area contributed by atoms with Gasteiger partial charge in [0.1, 0.15) is 24.8 Å². The van der Waals surface area contributed by atoms with Crippen LogP contribution in [0.15, 0.2) is 72.8 Å². The molecule has 4 rings (SSSR count). The molecule has 4 nitrogen and oxygen atoms in total. The number of hydrogen-bond acceptors (Lipinski definition) is 3. The first kappa shape index (κ1) is 32.3. The van der Waals surface area contributed by atoms with Crippen LogP contribution in [0.1, 0.15) is 63.0 Å². The number of nitrogens with zero attached hydrogens (tertiary/aromatic N) is 1. The zero-order valence-electron chi connectivity index (χ0n) is 22.1. The SMILES string of the molecule is CC.CCC.Cc1ccc(F)cc1.O=CCN1C(=O)COC(c2ccc(Cl)cc2)C1c1ccc(Cl)cc1. The Morgan fingerprint density at radius 2 is 1.35 bits per heavy atom. The Bertz CT molecular complexity index is 1040. The number of morpholine rings is 1. The number of aldehydes is 1. The molecule has 0 aromatic heterocycles. The number of carbonyl (C=O) groups is 2. The molecule has 0 radical (unpaired) electrons. The van der Waals surface area contributed by atoms with Gasteiger partial charge in [0.05, 0.1) is 12.6 Å². The molecule has 0 N–H and O–H groups in total. The second kappa shape index (κ2) is 17.7. The van der Waals surface area contributed by atoms with Crippen molar-refractivity contribution in [2.24, 2.45) is 0 Å². The molecule has 1 heterocycles. The van der Waals surface area contributed by atoms with E-state index in [1.54, 1.807) is 41.3 Å². The molecular weight excluding hydrogens is 512 g/mol. The molecule has 1 fully saturated rings. The summed E-state index contributed by atoms with van der Waals surface area (Å²) in [4.78, 5) is 24.9. The van der Waals surface area contributed by atoms with Gasteiger partial charge < -0.3 is 14.4 Å². The van der Waals surface area contributed by atoms with E-state index in [1.165, 1.54) is 18.6 Å². The standard InChI is InChI=1S/C18H15Cl2NO3.C7H7F.C3H8.C2H6/c19-14-5-1-12(2-6-14)17-18(13-3-7-15(20)8-4-13)24-11-16(23)21(17)9-10-22;1-6-2-4-7(8)5-3-6;1-3-2;1-2/h1-8,10,17-18H,9,11H2;2-5H,1H3;3H2,1-2H3;1-2H3. The van der Waals surface area contributed by atoms with Crippen molar-refractivity contribution in [1.29, 1.82) is 0 Å². The van der Waals surface area contributed by atoms with Gasteiger partial charge in [-0.15, -0.1) is 0 Å². The number of halogens is 3. The maximum absolute atomic E-state index is 12.3. The highest BCUT2D eigenvalue weighted by molar-refractivity contribution is 6.30. The lowest BCUT2D eigenvalue weighted by Gasteiger charge is -2.40. The van der Waals surface area contributed by atoms with Gasteiger partial charge in [-0.3, -0.25) is 4.79 Å². The van der Waals surface area contributed by atoms with E-state index in [0.717, 1.165) is 23.0 Å². The Balaban J connectivity index is 0.000000437. The van der Waals surface area contributed by atoms with Crippen LogP contribution in [0, 0.1) is 12.7 Å². The molecule has 2 atom stereocenters. The Hall–Kier alpha value is -2.73. The highest BCUT2D eigenvalue weighted by atomic mass is 35.5. The maximum atomic E-state index is 12.3. The molecule has 0 spiro atoms. The van der Waals surface area contributed by atoms with Crippen LogP contribution < -0.4 is 0 Å². The predicted octanol–water partition coefficient (Wildman–Crippen LogP) is 8.41. The average molecular weight is 549 g/mol. The molecule has 200 valence electrons. The van der Waals surface area contributed by atoms with Gasteiger partial charge in [0, 0.05) is 10.0 Å². The van der Waals surface area contributed by atoms with E-state index in [9.17, 15) is 14.0 Å². The third-order valence-corrected chi connectivity index (χ3v) is 5.53. The number of rotatable bonds is 4. The van der Waals surface area contributed by atoms with Crippen LogP contribution in [0.2, 0.25) is 10.0 Å². The maximum Gasteiger partial charge on any atom is 0.249 e. The van der Waals surface area contributed by atoms with Gasteiger partial charge in [0.25, 0.3) is 0 Å². The van der Waals surface area contributed by atoms with Crippen LogP contribution >= 0.6 is 23.2 Å². The second-order valence-electron chi connectivity index (χ2n) is 7.99. The second-order valence-corrected chi connectivity index (χ2v) is 8.87. The van der Waals surface area contributed by atoms with E-state index in [4.69, 9.17) is 27.9 Å². The molecule has 3 aromatic rings. The van der Waals surface area contributed by atoms with Gasteiger partial charge in [-0.2, -0.15) is 0 Å². The van der Waals surface area contributed by atoms with Crippen molar-refractivity contribution < 1.29 is 18.7 Å². The van der Waals surface area contributed by atoms with Crippen molar-refractivity contribution in [2.45, 2.75) is 53.2 Å². The zero-order chi connectivity index (χ0) is 27.8. The Morgan fingerprint density at radius 3 is 1.78 bits per heavy atom. The number of benzene rings is 3. The first-order valence-corrected chi connectivity index (χ1v) is 13.1. The molecule has 0 bridgehead atoms. The first-order valence-electron chi connectivity index (χ1n) is 12.4. The summed E-state index contributed by atoms with van der Waals surface area (Å²) in [5, 5.41) is 1.23. The van der Waals surface area contributed by atoms with Crippen LogP contribution in [-0.4, -0.2) is 30.2 Å². The summed E-state index contributed by atoms with van der Waals surface area (Å²) in [5.41, 5.74) is 2.84. The fourth-order valence-corrected chi connectivity index (χ4v) is 3.68. The van der Waals surface area contributed by atoms with E-state index < -0.39 is 6.04 Å². The predicted molar refractivity (Wildman–Crippen MR) is 151 cm³/mol. The lowest BCUT2D eigenvalue weighted by Crippen LogP contribution is -2.46. The van der Waals surface area contributed by atoms with Crippen LogP contribution in [0.4, 0.5) is 4.39 Å².